The highest BCUT2D eigenvalue weighted by atomic mass is 35.5. The van der Waals surface area contributed by atoms with Crippen LogP contribution in [-0.2, 0) is 0 Å². The molecule has 0 saturated heterocycles. The predicted molar refractivity (Wildman–Crippen MR) is 101 cm³/mol. The van der Waals surface area contributed by atoms with Crippen molar-refractivity contribution in [3.05, 3.63) is 65.6 Å². The third kappa shape index (κ3) is 3.19. The first-order chi connectivity index (χ1) is 12.6. The summed E-state index contributed by atoms with van der Waals surface area (Å²) in [6.45, 7) is 0. The van der Waals surface area contributed by atoms with E-state index < -0.39 is 21.5 Å². The number of Topliss-reactive ketones (excluding diaryl/α,β-unsaturated/α-hetero) is 2. The Kier molecular flexibility index (Phi) is 5.18. The molecule has 0 aliphatic heterocycles. The first kappa shape index (κ1) is 20.0. The number of fused-ring (bicyclic) bond motifs is 1. The Morgan fingerprint density at radius 3 is 2.22 bits per heavy atom. The molecule has 0 spiro atoms. The Morgan fingerprint density at radius 2 is 1.63 bits per heavy atom. The predicted octanol–water partition coefficient (Wildman–Crippen LogP) is 6.31. The summed E-state index contributed by atoms with van der Waals surface area (Å²) in [6.07, 6.45) is 0. The van der Waals surface area contributed by atoms with Gasteiger partial charge in [-0.15, -0.1) is 5.11 Å². The lowest BCUT2D eigenvalue weighted by molar-refractivity contribution is -0.384. The van der Waals surface area contributed by atoms with Gasteiger partial charge in [-0.25, -0.2) is 0 Å². The lowest BCUT2D eigenvalue weighted by Gasteiger charge is -2.10. The average Bonchev–Trinajstić information content (AvgIpc) is 2.80. The number of alkyl halides is 1. The molecule has 1 atom stereocenters. The molecule has 27 heavy (non-hydrogen) atoms. The maximum Gasteiger partial charge on any atom is 0.279 e. The summed E-state index contributed by atoms with van der Waals surface area (Å²) in [4.78, 5) is 32.9. The number of nitro benzene ring substituents is 1. The Hall–Kier alpha value is -1.77. The van der Waals surface area contributed by atoms with Crippen LogP contribution in [0.2, 0.25) is 20.1 Å². The number of nitrogens with zero attached hydrogens (tertiary/aromatic N) is 3. The molecule has 2 aromatic rings. The zero-order chi connectivity index (χ0) is 20.1. The molecule has 138 valence electrons. The molecule has 1 unspecified atom stereocenters. The van der Waals surface area contributed by atoms with Gasteiger partial charge in [0.15, 0.2) is 0 Å². The molecule has 0 aromatic heterocycles. The number of hydrogen-bond acceptors (Lipinski definition) is 6. The second-order valence-electron chi connectivity index (χ2n) is 5.28. The quantitative estimate of drug-likeness (QED) is 0.100. The van der Waals surface area contributed by atoms with Crippen molar-refractivity contribution in [1.82, 2.24) is 0 Å². The van der Waals surface area contributed by atoms with E-state index in [2.05, 4.69) is 10.2 Å². The number of carbonyl (C=O) groups excluding carboxylic acids is 2. The Balaban J connectivity index is 2.04. The van der Waals surface area contributed by atoms with Gasteiger partial charge in [-0.1, -0.05) is 58.0 Å². The largest absolute Gasteiger partial charge is 0.289 e. The zero-order valence-electron chi connectivity index (χ0n) is 12.7. The lowest BCUT2D eigenvalue weighted by Crippen LogP contribution is -2.32. The van der Waals surface area contributed by atoms with Gasteiger partial charge in [-0.2, -0.15) is 5.11 Å². The van der Waals surface area contributed by atoms with E-state index in [9.17, 15) is 19.7 Å². The zero-order valence-corrected chi connectivity index (χ0v) is 16.5. The van der Waals surface area contributed by atoms with Crippen molar-refractivity contribution in [2.24, 2.45) is 10.2 Å². The summed E-state index contributed by atoms with van der Waals surface area (Å²) in [6, 6.07) is 4.54. The summed E-state index contributed by atoms with van der Waals surface area (Å²) < 4.78 is 0. The highest BCUT2D eigenvalue weighted by Gasteiger charge is 2.54. The topological polar surface area (TPSA) is 102 Å². The van der Waals surface area contributed by atoms with Crippen molar-refractivity contribution in [3.8, 4) is 0 Å². The molecule has 0 radical (unpaired) electrons. The summed E-state index contributed by atoms with van der Waals surface area (Å²) >= 11 is 29.9. The van der Waals surface area contributed by atoms with Crippen molar-refractivity contribution in [1.29, 1.82) is 0 Å². The van der Waals surface area contributed by atoms with Gasteiger partial charge in [-0.05, 0) is 12.1 Å². The van der Waals surface area contributed by atoms with Gasteiger partial charge in [0.05, 0.1) is 30.6 Å². The molecule has 0 amide bonds. The summed E-state index contributed by atoms with van der Waals surface area (Å²) in [5, 5.41) is 17.6. The molecule has 0 N–H and O–H groups in total. The van der Waals surface area contributed by atoms with Gasteiger partial charge in [0.25, 0.3) is 10.7 Å². The minimum Gasteiger partial charge on any atom is -0.289 e. The van der Waals surface area contributed by atoms with E-state index in [1.54, 1.807) is 0 Å². The first-order valence-electron chi connectivity index (χ1n) is 6.90. The van der Waals surface area contributed by atoms with E-state index in [1.165, 1.54) is 12.1 Å². The van der Waals surface area contributed by atoms with Crippen molar-refractivity contribution in [3.63, 3.8) is 0 Å². The Labute approximate surface area is 176 Å². The molecule has 7 nitrogen and oxygen atoms in total. The van der Waals surface area contributed by atoms with Gasteiger partial charge in [0, 0.05) is 17.7 Å². The van der Waals surface area contributed by atoms with E-state index in [4.69, 9.17) is 58.0 Å². The highest BCUT2D eigenvalue weighted by molar-refractivity contribution is 6.58. The second-order valence-corrected chi connectivity index (χ2v) is 7.40. The van der Waals surface area contributed by atoms with Crippen molar-refractivity contribution < 1.29 is 14.5 Å². The Bertz CT molecular complexity index is 1070. The first-order valence-corrected chi connectivity index (χ1v) is 8.79. The summed E-state index contributed by atoms with van der Waals surface area (Å²) in [5.74, 6) is -1.80. The van der Waals surface area contributed by atoms with E-state index in [1.807, 2.05) is 0 Å². The van der Waals surface area contributed by atoms with Gasteiger partial charge in [0.2, 0.25) is 11.6 Å². The van der Waals surface area contributed by atoms with Gasteiger partial charge in [0.1, 0.15) is 5.69 Å². The molecule has 0 saturated carbocycles. The number of rotatable bonds is 3. The Morgan fingerprint density at radius 1 is 0.963 bits per heavy atom. The second kappa shape index (κ2) is 7.00. The fourth-order valence-electron chi connectivity index (χ4n) is 2.35. The molecule has 12 heteroatoms. The molecular weight excluding hydrogens is 463 g/mol. The highest BCUT2D eigenvalue weighted by Crippen LogP contribution is 2.45. The monoisotopic (exact) mass is 465 g/mol. The number of benzene rings is 2. The smallest absolute Gasteiger partial charge is 0.279 e. The van der Waals surface area contributed by atoms with Crippen LogP contribution >= 0.6 is 58.0 Å². The number of azo groups is 1. The van der Waals surface area contributed by atoms with Crippen molar-refractivity contribution in [2.75, 3.05) is 0 Å². The number of nitro groups is 1. The van der Waals surface area contributed by atoms with E-state index in [-0.39, 0.29) is 42.6 Å². The van der Waals surface area contributed by atoms with Crippen LogP contribution in [0.1, 0.15) is 20.7 Å². The van der Waals surface area contributed by atoms with Gasteiger partial charge >= 0.3 is 0 Å². The van der Waals surface area contributed by atoms with Crippen LogP contribution in [0.15, 0.2) is 34.5 Å². The molecule has 3 rings (SSSR count). The minimum atomic E-state index is -2.41. The fraction of sp³-hybridized carbons (Fsp3) is 0.0667. The van der Waals surface area contributed by atoms with Crippen molar-refractivity contribution in [2.45, 2.75) is 5.00 Å². The molecule has 1 aliphatic rings. The normalized spacial score (nSPS) is 19.0. The van der Waals surface area contributed by atoms with E-state index >= 15 is 0 Å². The van der Waals surface area contributed by atoms with Crippen LogP contribution < -0.4 is 0 Å². The SMILES string of the molecule is O=C1c2cc(Cl)c(Cl)c(Cl)c2C(=O)C1(Cl)N=Nc1ccc([N+](=O)[O-])cc1Cl. The molecule has 2 aromatic carbocycles. The van der Waals surface area contributed by atoms with Crippen LogP contribution in [0.25, 0.3) is 0 Å². The van der Waals surface area contributed by atoms with Gasteiger partial charge < -0.3 is 0 Å². The van der Waals surface area contributed by atoms with Crippen molar-refractivity contribution >= 4 is 80.9 Å². The molecule has 0 heterocycles. The number of non-ortho nitro benzene ring substituents is 1. The summed E-state index contributed by atoms with van der Waals surface area (Å²) in [7, 11) is 0. The van der Waals surface area contributed by atoms with Crippen LogP contribution in [-0.4, -0.2) is 21.5 Å². The minimum absolute atomic E-state index is 0.0268. The molecular formula is C15H4Cl5N3O4. The molecule has 0 bridgehead atoms. The van der Waals surface area contributed by atoms with Gasteiger partial charge in [-0.3, -0.25) is 19.7 Å². The van der Waals surface area contributed by atoms with E-state index in [0.717, 1.165) is 12.1 Å². The third-order valence-corrected chi connectivity index (χ3v) is 5.66. The van der Waals surface area contributed by atoms with Crippen LogP contribution in [0.5, 0.6) is 0 Å². The fourth-order valence-corrected chi connectivity index (χ4v) is 3.48. The average molecular weight is 467 g/mol. The van der Waals surface area contributed by atoms with Crippen LogP contribution in [0, 0.1) is 10.1 Å². The number of halogens is 5. The number of carbonyl (C=O) groups is 2. The maximum absolute atomic E-state index is 12.6. The van der Waals surface area contributed by atoms with E-state index in [0.29, 0.717) is 0 Å². The standard InChI is InChI=1S/C15H4Cl5N3O4/c16-7-3-5(23(26)27)1-2-9(7)21-22-15(20)13(24)6-4-8(17)11(18)12(19)10(6)14(15)25/h1-4H. The molecule has 1 aliphatic carbocycles. The summed E-state index contributed by atoms with van der Waals surface area (Å²) in [5.41, 5.74) is -0.639. The third-order valence-electron chi connectivity index (χ3n) is 3.67. The van der Waals surface area contributed by atoms with Crippen LogP contribution in [0.3, 0.4) is 0 Å². The lowest BCUT2D eigenvalue weighted by atomic mass is 10.1. The van der Waals surface area contributed by atoms with Crippen LogP contribution in [0.4, 0.5) is 11.4 Å². The number of ketones is 2. The molecule has 0 fully saturated rings. The maximum atomic E-state index is 12.6. The number of hydrogen-bond donors (Lipinski definition) is 0.